The highest BCUT2D eigenvalue weighted by molar-refractivity contribution is 5.26. The zero-order valence-corrected chi connectivity index (χ0v) is 16.9. The highest BCUT2D eigenvalue weighted by Gasteiger charge is 2.28. The standard InChI is InChI=1S/C26H34O/c1-5-15-25(23(7-3)21-17-11-9-12-18-21)27-26(16-6-2)24(8-4)22-19-13-10-14-20-22/h7-14,17-20,23-26H,3-6,15-16H2,1-2H3. The molecule has 0 aliphatic rings. The van der Waals surface area contributed by atoms with Gasteiger partial charge >= 0.3 is 0 Å². The molecule has 2 aromatic rings. The van der Waals surface area contributed by atoms with Crippen LogP contribution in [0, 0.1) is 0 Å². The molecule has 0 saturated heterocycles. The van der Waals surface area contributed by atoms with Gasteiger partial charge in [0.1, 0.15) is 0 Å². The summed E-state index contributed by atoms with van der Waals surface area (Å²) in [4.78, 5) is 0. The molecule has 0 heterocycles. The average Bonchev–Trinajstić information content (AvgIpc) is 2.71. The number of hydrogen-bond acceptors (Lipinski definition) is 1. The van der Waals surface area contributed by atoms with E-state index in [9.17, 15) is 0 Å². The molecule has 0 amide bonds. The molecule has 0 saturated carbocycles. The second-order valence-electron chi connectivity index (χ2n) is 7.13. The molecule has 2 rings (SSSR count). The normalized spacial score (nSPS) is 15.5. The Morgan fingerprint density at radius 1 is 0.704 bits per heavy atom. The molecule has 0 aliphatic carbocycles. The van der Waals surface area contributed by atoms with Gasteiger partial charge in [0.2, 0.25) is 0 Å². The minimum atomic E-state index is 0.123. The lowest BCUT2D eigenvalue weighted by Gasteiger charge is -2.33. The van der Waals surface area contributed by atoms with Gasteiger partial charge < -0.3 is 4.74 Å². The maximum absolute atomic E-state index is 6.80. The van der Waals surface area contributed by atoms with E-state index >= 15 is 0 Å². The molecule has 0 fully saturated rings. The third-order valence-corrected chi connectivity index (χ3v) is 5.17. The molecule has 0 spiro atoms. The predicted molar refractivity (Wildman–Crippen MR) is 117 cm³/mol. The summed E-state index contributed by atoms with van der Waals surface area (Å²) in [7, 11) is 0. The number of rotatable bonds is 12. The smallest absolute Gasteiger partial charge is 0.0682 e. The Morgan fingerprint density at radius 3 is 1.37 bits per heavy atom. The van der Waals surface area contributed by atoms with E-state index in [1.165, 1.54) is 11.1 Å². The minimum Gasteiger partial charge on any atom is -0.373 e. The molecule has 4 atom stereocenters. The van der Waals surface area contributed by atoms with Crippen LogP contribution in [-0.4, -0.2) is 12.2 Å². The topological polar surface area (TPSA) is 9.23 Å². The summed E-state index contributed by atoms with van der Waals surface area (Å²) in [5, 5.41) is 0. The molecule has 0 aromatic heterocycles. The highest BCUT2D eigenvalue weighted by Crippen LogP contribution is 2.33. The van der Waals surface area contributed by atoms with Gasteiger partial charge in [0.05, 0.1) is 12.2 Å². The summed E-state index contributed by atoms with van der Waals surface area (Å²) in [6, 6.07) is 21.2. The van der Waals surface area contributed by atoms with E-state index in [2.05, 4.69) is 87.7 Å². The van der Waals surface area contributed by atoms with E-state index in [1.54, 1.807) is 0 Å². The van der Waals surface area contributed by atoms with E-state index in [0.717, 1.165) is 25.7 Å². The van der Waals surface area contributed by atoms with Gasteiger partial charge in [0, 0.05) is 11.8 Å². The lowest BCUT2D eigenvalue weighted by atomic mass is 9.88. The van der Waals surface area contributed by atoms with Crippen LogP contribution in [0.1, 0.15) is 62.5 Å². The summed E-state index contributed by atoms with van der Waals surface area (Å²) in [5.74, 6) is 0.401. The maximum Gasteiger partial charge on any atom is 0.0682 e. The summed E-state index contributed by atoms with van der Waals surface area (Å²) in [6.45, 7) is 12.7. The van der Waals surface area contributed by atoms with Gasteiger partial charge in [-0.25, -0.2) is 0 Å². The Balaban J connectivity index is 2.28. The van der Waals surface area contributed by atoms with Crippen LogP contribution in [-0.2, 0) is 4.74 Å². The first-order valence-electron chi connectivity index (χ1n) is 10.3. The van der Waals surface area contributed by atoms with Crippen LogP contribution in [0.25, 0.3) is 0 Å². The summed E-state index contributed by atoms with van der Waals surface area (Å²) in [6.07, 6.45) is 8.55. The lowest BCUT2D eigenvalue weighted by Crippen LogP contribution is -2.31. The molecule has 4 unspecified atom stereocenters. The monoisotopic (exact) mass is 362 g/mol. The molecule has 0 bridgehead atoms. The molecule has 0 aliphatic heterocycles. The van der Waals surface area contributed by atoms with E-state index in [1.807, 2.05) is 12.2 Å². The average molecular weight is 363 g/mol. The molecule has 2 aromatic carbocycles. The summed E-state index contributed by atoms with van der Waals surface area (Å²) in [5.41, 5.74) is 2.55. The van der Waals surface area contributed by atoms with Gasteiger partial charge in [0.15, 0.2) is 0 Å². The Bertz CT molecular complexity index is 602. The fourth-order valence-electron chi connectivity index (χ4n) is 3.81. The van der Waals surface area contributed by atoms with E-state index in [4.69, 9.17) is 4.74 Å². The van der Waals surface area contributed by atoms with Gasteiger partial charge in [0.25, 0.3) is 0 Å². The van der Waals surface area contributed by atoms with Crippen molar-refractivity contribution in [2.75, 3.05) is 0 Å². The molecule has 1 nitrogen and oxygen atoms in total. The lowest BCUT2D eigenvalue weighted by molar-refractivity contribution is -0.0344. The molecule has 0 N–H and O–H groups in total. The van der Waals surface area contributed by atoms with Gasteiger partial charge in [-0.15, -0.1) is 13.2 Å². The summed E-state index contributed by atoms with van der Waals surface area (Å²) >= 11 is 0. The third kappa shape index (κ3) is 5.94. The van der Waals surface area contributed by atoms with Crippen LogP contribution in [0.15, 0.2) is 86.0 Å². The number of hydrogen-bond donors (Lipinski definition) is 0. The van der Waals surface area contributed by atoms with Gasteiger partial charge in [-0.3, -0.25) is 0 Å². The van der Waals surface area contributed by atoms with Crippen molar-refractivity contribution in [1.29, 1.82) is 0 Å². The van der Waals surface area contributed by atoms with Crippen molar-refractivity contribution in [3.63, 3.8) is 0 Å². The van der Waals surface area contributed by atoms with Gasteiger partial charge in [-0.05, 0) is 24.0 Å². The highest BCUT2D eigenvalue weighted by atomic mass is 16.5. The Kier molecular flexibility index (Phi) is 9.07. The van der Waals surface area contributed by atoms with Crippen LogP contribution in [0.2, 0.25) is 0 Å². The van der Waals surface area contributed by atoms with Crippen LogP contribution in [0.3, 0.4) is 0 Å². The van der Waals surface area contributed by atoms with E-state index in [0.29, 0.717) is 0 Å². The largest absolute Gasteiger partial charge is 0.373 e. The van der Waals surface area contributed by atoms with Crippen LogP contribution in [0.5, 0.6) is 0 Å². The van der Waals surface area contributed by atoms with Crippen LogP contribution >= 0.6 is 0 Å². The van der Waals surface area contributed by atoms with Gasteiger partial charge in [-0.2, -0.15) is 0 Å². The van der Waals surface area contributed by atoms with E-state index in [-0.39, 0.29) is 24.0 Å². The van der Waals surface area contributed by atoms with Gasteiger partial charge in [-0.1, -0.05) is 99.5 Å². The molecular formula is C26H34O. The molecule has 0 radical (unpaired) electrons. The number of ether oxygens (including phenoxy) is 1. The van der Waals surface area contributed by atoms with Crippen LogP contribution in [0.4, 0.5) is 0 Å². The van der Waals surface area contributed by atoms with E-state index < -0.39 is 0 Å². The van der Waals surface area contributed by atoms with Crippen molar-refractivity contribution in [3.05, 3.63) is 97.1 Å². The predicted octanol–water partition coefficient (Wildman–Crippen LogP) is 7.28. The minimum absolute atomic E-state index is 0.123. The maximum atomic E-state index is 6.80. The van der Waals surface area contributed by atoms with Crippen molar-refractivity contribution in [3.8, 4) is 0 Å². The Labute approximate surface area is 165 Å². The molecule has 1 heteroatoms. The molecule has 27 heavy (non-hydrogen) atoms. The fraction of sp³-hybridized carbons (Fsp3) is 0.385. The second-order valence-corrected chi connectivity index (χ2v) is 7.13. The van der Waals surface area contributed by atoms with Crippen molar-refractivity contribution in [2.24, 2.45) is 0 Å². The second kappa shape index (κ2) is 11.6. The van der Waals surface area contributed by atoms with Crippen molar-refractivity contribution in [1.82, 2.24) is 0 Å². The first-order valence-corrected chi connectivity index (χ1v) is 10.3. The summed E-state index contributed by atoms with van der Waals surface area (Å²) < 4.78 is 6.80. The molecule has 144 valence electrons. The Morgan fingerprint density at radius 2 is 1.07 bits per heavy atom. The SMILES string of the molecule is C=CC(c1ccccc1)C(CCC)OC(CCC)C(C=C)c1ccccc1. The Hall–Kier alpha value is -2.12. The zero-order valence-electron chi connectivity index (χ0n) is 16.9. The first-order chi connectivity index (χ1) is 13.2. The third-order valence-electron chi connectivity index (χ3n) is 5.17. The molecular weight excluding hydrogens is 328 g/mol. The fourth-order valence-corrected chi connectivity index (χ4v) is 3.81. The van der Waals surface area contributed by atoms with Crippen LogP contribution < -0.4 is 0 Å². The quantitative estimate of drug-likeness (QED) is 0.360. The van der Waals surface area contributed by atoms with Crippen molar-refractivity contribution < 1.29 is 4.74 Å². The number of benzene rings is 2. The zero-order chi connectivity index (χ0) is 19.5. The first kappa shape index (κ1) is 21.2. The van der Waals surface area contributed by atoms with Crippen molar-refractivity contribution in [2.45, 2.75) is 63.6 Å². The van der Waals surface area contributed by atoms with Crippen molar-refractivity contribution >= 4 is 0 Å².